The van der Waals surface area contributed by atoms with E-state index in [1.165, 1.54) is 0 Å². The second-order valence-corrected chi connectivity index (χ2v) is 7.20. The van der Waals surface area contributed by atoms with Crippen LogP contribution in [-0.2, 0) is 0 Å². The number of nitrogens with zero attached hydrogens (tertiary/aromatic N) is 1. The number of rotatable bonds is 4. The number of likely N-dealkylation sites (tertiary alicyclic amines) is 1. The molecular weight excluding hydrogens is 314 g/mol. The maximum Gasteiger partial charge on any atom is 0.126 e. The molecule has 2 N–H and O–H groups in total. The summed E-state index contributed by atoms with van der Waals surface area (Å²) in [5.41, 5.74) is 0. The predicted molar refractivity (Wildman–Crippen MR) is 90.9 cm³/mol. The van der Waals surface area contributed by atoms with Crippen LogP contribution in [-0.4, -0.2) is 53.1 Å². The molecule has 3 rings (SSSR count). The van der Waals surface area contributed by atoms with E-state index in [0.29, 0.717) is 10.9 Å². The SMILES string of the molecule is OCC1CCN([C@H]2CCC[C@@H](Oc3ccc(Cl)cc3)[C@@H]2O)CC1. The van der Waals surface area contributed by atoms with Gasteiger partial charge in [0, 0.05) is 17.7 Å². The van der Waals surface area contributed by atoms with Gasteiger partial charge in [-0.15, -0.1) is 0 Å². The summed E-state index contributed by atoms with van der Waals surface area (Å²) < 4.78 is 6.01. The highest BCUT2D eigenvalue weighted by molar-refractivity contribution is 6.30. The third-order valence-corrected chi connectivity index (χ3v) is 5.49. The lowest BCUT2D eigenvalue weighted by Crippen LogP contribution is -2.54. The lowest BCUT2D eigenvalue weighted by Gasteiger charge is -2.43. The molecule has 1 saturated heterocycles. The largest absolute Gasteiger partial charge is 0.488 e. The topological polar surface area (TPSA) is 52.9 Å². The third-order valence-electron chi connectivity index (χ3n) is 5.24. The van der Waals surface area contributed by atoms with Gasteiger partial charge in [-0.1, -0.05) is 11.6 Å². The van der Waals surface area contributed by atoms with Crippen molar-refractivity contribution in [1.29, 1.82) is 0 Å². The van der Waals surface area contributed by atoms with Gasteiger partial charge in [0.25, 0.3) is 0 Å². The van der Waals surface area contributed by atoms with Gasteiger partial charge in [0.05, 0.1) is 0 Å². The monoisotopic (exact) mass is 339 g/mol. The van der Waals surface area contributed by atoms with Crippen molar-refractivity contribution in [1.82, 2.24) is 4.90 Å². The Morgan fingerprint density at radius 2 is 1.78 bits per heavy atom. The van der Waals surface area contributed by atoms with E-state index in [2.05, 4.69) is 4.90 Å². The van der Waals surface area contributed by atoms with Crippen molar-refractivity contribution in [3.05, 3.63) is 29.3 Å². The number of hydrogen-bond donors (Lipinski definition) is 2. The number of ether oxygens (including phenoxy) is 1. The lowest BCUT2D eigenvalue weighted by molar-refractivity contribution is -0.0620. The van der Waals surface area contributed by atoms with Crippen LogP contribution in [0.15, 0.2) is 24.3 Å². The van der Waals surface area contributed by atoms with Gasteiger partial charge in [0.15, 0.2) is 0 Å². The first kappa shape index (κ1) is 17.0. The van der Waals surface area contributed by atoms with Crippen molar-refractivity contribution in [2.24, 2.45) is 5.92 Å². The molecule has 1 aliphatic heterocycles. The summed E-state index contributed by atoms with van der Waals surface area (Å²) in [5, 5.41) is 20.7. The fourth-order valence-electron chi connectivity index (χ4n) is 3.80. The van der Waals surface area contributed by atoms with Crippen molar-refractivity contribution in [3.8, 4) is 5.75 Å². The molecule has 1 aliphatic carbocycles. The lowest BCUT2D eigenvalue weighted by atomic mass is 9.86. The quantitative estimate of drug-likeness (QED) is 0.885. The molecule has 2 fully saturated rings. The molecule has 23 heavy (non-hydrogen) atoms. The second kappa shape index (κ2) is 7.84. The van der Waals surface area contributed by atoms with Gasteiger partial charge >= 0.3 is 0 Å². The first-order valence-electron chi connectivity index (χ1n) is 8.62. The zero-order valence-corrected chi connectivity index (χ0v) is 14.2. The molecule has 1 saturated carbocycles. The Labute approximate surface area is 143 Å². The van der Waals surface area contributed by atoms with E-state index < -0.39 is 6.10 Å². The molecule has 0 bridgehead atoms. The molecule has 0 aromatic heterocycles. The molecule has 0 radical (unpaired) electrons. The molecule has 1 heterocycles. The van der Waals surface area contributed by atoms with Crippen LogP contribution in [0.4, 0.5) is 0 Å². The molecule has 1 aromatic carbocycles. The van der Waals surface area contributed by atoms with E-state index >= 15 is 0 Å². The summed E-state index contributed by atoms with van der Waals surface area (Å²) >= 11 is 5.90. The molecule has 2 aliphatic rings. The highest BCUT2D eigenvalue weighted by atomic mass is 35.5. The summed E-state index contributed by atoms with van der Waals surface area (Å²) in [4.78, 5) is 2.38. The minimum Gasteiger partial charge on any atom is -0.488 e. The number of hydrogen-bond acceptors (Lipinski definition) is 4. The number of aliphatic hydroxyl groups is 2. The number of benzene rings is 1. The van der Waals surface area contributed by atoms with Crippen LogP contribution in [0.5, 0.6) is 5.75 Å². The van der Waals surface area contributed by atoms with E-state index in [-0.39, 0.29) is 18.8 Å². The molecule has 3 atom stereocenters. The van der Waals surface area contributed by atoms with Crippen molar-refractivity contribution in [2.45, 2.75) is 50.4 Å². The minimum absolute atomic E-state index is 0.162. The summed E-state index contributed by atoms with van der Waals surface area (Å²) in [6, 6.07) is 7.49. The molecule has 0 amide bonds. The van der Waals surface area contributed by atoms with Crippen LogP contribution >= 0.6 is 11.6 Å². The first-order chi connectivity index (χ1) is 11.2. The van der Waals surface area contributed by atoms with E-state index in [4.69, 9.17) is 16.3 Å². The first-order valence-corrected chi connectivity index (χ1v) is 9.00. The van der Waals surface area contributed by atoms with E-state index in [0.717, 1.165) is 50.9 Å². The van der Waals surface area contributed by atoms with Crippen LogP contribution in [0.3, 0.4) is 0 Å². The Bertz CT molecular complexity index is 488. The zero-order chi connectivity index (χ0) is 16.2. The Balaban J connectivity index is 1.59. The summed E-state index contributed by atoms with van der Waals surface area (Å²) in [5.74, 6) is 1.19. The maximum atomic E-state index is 10.8. The molecule has 128 valence electrons. The third kappa shape index (κ3) is 4.18. The van der Waals surface area contributed by atoms with Crippen LogP contribution in [0.1, 0.15) is 32.1 Å². The van der Waals surface area contributed by atoms with Crippen molar-refractivity contribution < 1.29 is 14.9 Å². The Kier molecular flexibility index (Phi) is 5.81. The average molecular weight is 340 g/mol. The van der Waals surface area contributed by atoms with Gasteiger partial charge in [-0.05, 0) is 75.4 Å². The fourth-order valence-corrected chi connectivity index (χ4v) is 3.93. The summed E-state index contributed by atoms with van der Waals surface area (Å²) in [6.07, 6.45) is 4.37. The van der Waals surface area contributed by atoms with Gasteiger partial charge in [-0.3, -0.25) is 4.90 Å². The number of halogens is 1. The van der Waals surface area contributed by atoms with E-state index in [1.54, 1.807) is 0 Å². The van der Waals surface area contributed by atoms with E-state index in [9.17, 15) is 10.2 Å². The standard InChI is InChI=1S/C18H26ClNO3/c19-14-4-6-15(7-5-14)23-17-3-1-2-16(18(17)22)20-10-8-13(12-21)9-11-20/h4-7,13,16-18,21-22H,1-3,8-12H2/t16-,17+,18+/m0/s1. The van der Waals surface area contributed by atoms with Crippen molar-refractivity contribution >= 4 is 11.6 Å². The van der Waals surface area contributed by atoms with Crippen LogP contribution < -0.4 is 4.74 Å². The fraction of sp³-hybridized carbons (Fsp3) is 0.667. The summed E-state index contributed by atoms with van der Waals surface area (Å²) in [7, 11) is 0. The Morgan fingerprint density at radius 1 is 1.09 bits per heavy atom. The van der Waals surface area contributed by atoms with Crippen LogP contribution in [0.2, 0.25) is 5.02 Å². The second-order valence-electron chi connectivity index (χ2n) is 6.76. The van der Waals surface area contributed by atoms with Gasteiger partial charge in [-0.25, -0.2) is 0 Å². The smallest absolute Gasteiger partial charge is 0.126 e. The average Bonchev–Trinajstić information content (AvgIpc) is 2.59. The molecular formula is C18H26ClNO3. The molecule has 0 spiro atoms. The van der Waals surface area contributed by atoms with Gasteiger partial charge in [0.2, 0.25) is 0 Å². The van der Waals surface area contributed by atoms with Crippen LogP contribution in [0.25, 0.3) is 0 Å². The highest BCUT2D eigenvalue weighted by Crippen LogP contribution is 2.30. The highest BCUT2D eigenvalue weighted by Gasteiger charge is 2.37. The molecule has 0 unspecified atom stereocenters. The normalized spacial score (nSPS) is 30.3. The predicted octanol–water partition coefficient (Wildman–Crippen LogP) is 2.71. The zero-order valence-electron chi connectivity index (χ0n) is 13.4. The minimum atomic E-state index is -0.467. The van der Waals surface area contributed by atoms with Crippen molar-refractivity contribution in [3.63, 3.8) is 0 Å². The number of piperidine rings is 1. The Morgan fingerprint density at radius 3 is 2.43 bits per heavy atom. The van der Waals surface area contributed by atoms with Crippen molar-refractivity contribution in [2.75, 3.05) is 19.7 Å². The Hall–Kier alpha value is -0.810. The molecule has 1 aromatic rings. The van der Waals surface area contributed by atoms with Gasteiger partial charge < -0.3 is 14.9 Å². The van der Waals surface area contributed by atoms with Gasteiger partial charge in [-0.2, -0.15) is 0 Å². The van der Waals surface area contributed by atoms with Gasteiger partial charge in [0.1, 0.15) is 18.0 Å². The molecule has 4 nitrogen and oxygen atoms in total. The van der Waals surface area contributed by atoms with Crippen LogP contribution in [0, 0.1) is 5.92 Å². The maximum absolute atomic E-state index is 10.8. The number of aliphatic hydroxyl groups excluding tert-OH is 2. The summed E-state index contributed by atoms with van der Waals surface area (Å²) in [6.45, 7) is 2.20. The molecule has 5 heteroatoms. The van der Waals surface area contributed by atoms with E-state index in [1.807, 2.05) is 24.3 Å².